The molecule has 0 saturated carbocycles. The van der Waals surface area contributed by atoms with Crippen molar-refractivity contribution in [3.05, 3.63) is 29.8 Å². The van der Waals surface area contributed by atoms with Gasteiger partial charge in [-0.3, -0.25) is 9.69 Å². The van der Waals surface area contributed by atoms with E-state index in [4.69, 9.17) is 9.47 Å². The topological polar surface area (TPSA) is 42.0 Å². The van der Waals surface area contributed by atoms with Crippen LogP contribution < -0.4 is 4.74 Å². The molecule has 0 unspecified atom stereocenters. The summed E-state index contributed by atoms with van der Waals surface area (Å²) in [5.74, 6) is 0.939. The molecule has 1 saturated heterocycles. The fraction of sp³-hybridized carbons (Fsp3) is 0.588. The van der Waals surface area contributed by atoms with Crippen molar-refractivity contribution in [1.82, 2.24) is 9.80 Å². The summed E-state index contributed by atoms with van der Waals surface area (Å²) in [5, 5.41) is 0. The molecule has 122 valence electrons. The largest absolute Gasteiger partial charge is 0.497 e. The number of nitrogens with zero attached hydrogens (tertiary/aromatic N) is 2. The summed E-state index contributed by atoms with van der Waals surface area (Å²) in [6.07, 6.45) is 0. The van der Waals surface area contributed by atoms with Gasteiger partial charge in [0.25, 0.3) is 0 Å². The molecule has 0 atom stereocenters. The Kier molecular flexibility index (Phi) is 5.42. The Balaban J connectivity index is 1.89. The van der Waals surface area contributed by atoms with Crippen LogP contribution in [-0.4, -0.2) is 61.7 Å². The molecule has 1 fully saturated rings. The van der Waals surface area contributed by atoms with E-state index in [1.165, 1.54) is 0 Å². The molecule has 5 nitrogen and oxygen atoms in total. The average molecular weight is 306 g/mol. The van der Waals surface area contributed by atoms with Gasteiger partial charge in [-0.15, -0.1) is 0 Å². The van der Waals surface area contributed by atoms with Gasteiger partial charge in [0.05, 0.1) is 25.9 Å². The summed E-state index contributed by atoms with van der Waals surface area (Å²) in [7, 11) is 3.49. The van der Waals surface area contributed by atoms with Gasteiger partial charge in [0.2, 0.25) is 5.91 Å². The summed E-state index contributed by atoms with van der Waals surface area (Å²) in [5.41, 5.74) is 0.890. The van der Waals surface area contributed by atoms with Crippen molar-refractivity contribution in [3.8, 4) is 5.75 Å². The smallest absolute Gasteiger partial charge is 0.236 e. The molecule has 0 spiro atoms. The van der Waals surface area contributed by atoms with Crippen LogP contribution in [0.4, 0.5) is 0 Å². The third-order valence-electron chi connectivity index (χ3n) is 3.84. The number of carbonyl (C=O) groups excluding carboxylic acids is 1. The Labute approximate surface area is 132 Å². The molecule has 1 aromatic carbocycles. The van der Waals surface area contributed by atoms with Crippen molar-refractivity contribution in [3.63, 3.8) is 0 Å². The Morgan fingerprint density at radius 1 is 1.45 bits per heavy atom. The monoisotopic (exact) mass is 306 g/mol. The molecule has 0 aliphatic carbocycles. The van der Waals surface area contributed by atoms with Crippen LogP contribution in [-0.2, 0) is 16.1 Å². The highest BCUT2D eigenvalue weighted by atomic mass is 16.5. The summed E-state index contributed by atoms with van der Waals surface area (Å²) in [6.45, 7) is 7.41. The molecule has 1 heterocycles. The molecular formula is C17H26N2O3. The maximum absolute atomic E-state index is 12.4. The molecular weight excluding hydrogens is 280 g/mol. The van der Waals surface area contributed by atoms with Crippen LogP contribution in [0.25, 0.3) is 0 Å². The van der Waals surface area contributed by atoms with E-state index in [2.05, 4.69) is 18.7 Å². The van der Waals surface area contributed by atoms with Crippen LogP contribution in [0, 0.1) is 0 Å². The fourth-order valence-electron chi connectivity index (χ4n) is 2.69. The minimum atomic E-state index is -0.177. The van der Waals surface area contributed by atoms with Gasteiger partial charge in [-0.25, -0.2) is 0 Å². The van der Waals surface area contributed by atoms with E-state index in [0.717, 1.165) is 24.4 Å². The minimum Gasteiger partial charge on any atom is -0.497 e. The second-order valence-corrected chi connectivity index (χ2v) is 6.42. The van der Waals surface area contributed by atoms with Crippen molar-refractivity contribution in [2.75, 3.05) is 40.4 Å². The lowest BCUT2D eigenvalue weighted by Crippen LogP contribution is -2.51. The van der Waals surface area contributed by atoms with Gasteiger partial charge in [-0.1, -0.05) is 12.1 Å². The lowest BCUT2D eigenvalue weighted by atomic mass is 10.1. The number of amides is 1. The zero-order valence-electron chi connectivity index (χ0n) is 14.0. The highest BCUT2D eigenvalue weighted by molar-refractivity contribution is 5.78. The van der Waals surface area contributed by atoms with Crippen LogP contribution in [0.15, 0.2) is 24.3 Å². The molecule has 1 aliphatic rings. The van der Waals surface area contributed by atoms with E-state index in [0.29, 0.717) is 19.7 Å². The second-order valence-electron chi connectivity index (χ2n) is 6.42. The fourth-order valence-corrected chi connectivity index (χ4v) is 2.69. The number of benzene rings is 1. The predicted octanol–water partition coefficient (Wildman–Crippen LogP) is 1.76. The lowest BCUT2D eigenvalue weighted by Gasteiger charge is -2.38. The standard InChI is InChI=1S/C17H26N2O3/c1-17(2)13-19(8-9-22-17)12-16(20)18(3)11-14-6-5-7-15(10-14)21-4/h5-7,10H,8-9,11-13H2,1-4H3. The van der Waals surface area contributed by atoms with Crippen molar-refractivity contribution < 1.29 is 14.3 Å². The van der Waals surface area contributed by atoms with Gasteiger partial charge in [0, 0.05) is 26.7 Å². The van der Waals surface area contributed by atoms with Crippen LogP contribution >= 0.6 is 0 Å². The molecule has 2 rings (SSSR count). The van der Waals surface area contributed by atoms with E-state index in [1.54, 1.807) is 12.0 Å². The van der Waals surface area contributed by atoms with E-state index in [-0.39, 0.29) is 11.5 Å². The molecule has 5 heteroatoms. The Bertz CT molecular complexity index is 516. The highest BCUT2D eigenvalue weighted by Gasteiger charge is 2.28. The number of methoxy groups -OCH3 is 1. The molecule has 22 heavy (non-hydrogen) atoms. The van der Waals surface area contributed by atoms with E-state index < -0.39 is 0 Å². The lowest BCUT2D eigenvalue weighted by molar-refractivity contribution is -0.136. The number of morpholine rings is 1. The molecule has 1 aromatic rings. The Morgan fingerprint density at radius 2 is 2.23 bits per heavy atom. The van der Waals surface area contributed by atoms with Crippen LogP contribution in [0.1, 0.15) is 19.4 Å². The summed E-state index contributed by atoms with van der Waals surface area (Å²) in [6, 6.07) is 7.81. The van der Waals surface area contributed by atoms with Crippen molar-refractivity contribution in [1.29, 1.82) is 0 Å². The van der Waals surface area contributed by atoms with Crippen molar-refractivity contribution in [2.45, 2.75) is 26.0 Å². The van der Waals surface area contributed by atoms with Crippen molar-refractivity contribution in [2.24, 2.45) is 0 Å². The summed E-state index contributed by atoms with van der Waals surface area (Å²) < 4.78 is 10.9. The van der Waals surface area contributed by atoms with E-state index in [9.17, 15) is 4.79 Å². The maximum atomic E-state index is 12.4. The predicted molar refractivity (Wildman–Crippen MR) is 85.9 cm³/mol. The number of hydrogen-bond acceptors (Lipinski definition) is 4. The number of hydrogen-bond donors (Lipinski definition) is 0. The number of carbonyl (C=O) groups is 1. The zero-order chi connectivity index (χ0) is 16.2. The third-order valence-corrected chi connectivity index (χ3v) is 3.84. The van der Waals surface area contributed by atoms with Gasteiger partial charge in [-0.2, -0.15) is 0 Å². The second kappa shape index (κ2) is 7.11. The maximum Gasteiger partial charge on any atom is 0.236 e. The summed E-state index contributed by atoms with van der Waals surface area (Å²) in [4.78, 5) is 16.3. The van der Waals surface area contributed by atoms with Gasteiger partial charge >= 0.3 is 0 Å². The summed E-state index contributed by atoms with van der Waals surface area (Å²) >= 11 is 0. The molecule has 0 bridgehead atoms. The minimum absolute atomic E-state index is 0.125. The Hall–Kier alpha value is -1.59. The molecule has 1 aliphatic heterocycles. The quantitative estimate of drug-likeness (QED) is 0.831. The first kappa shape index (κ1) is 16.8. The third kappa shape index (κ3) is 4.71. The first-order valence-electron chi connectivity index (χ1n) is 7.63. The number of rotatable bonds is 5. The average Bonchev–Trinajstić information content (AvgIpc) is 2.46. The van der Waals surface area contributed by atoms with Crippen LogP contribution in [0.5, 0.6) is 5.75 Å². The molecule has 0 radical (unpaired) electrons. The Morgan fingerprint density at radius 3 is 2.91 bits per heavy atom. The number of likely N-dealkylation sites (N-methyl/N-ethyl adjacent to an activating group) is 1. The molecule has 1 amide bonds. The first-order chi connectivity index (χ1) is 10.4. The van der Waals surface area contributed by atoms with Crippen LogP contribution in [0.3, 0.4) is 0 Å². The van der Waals surface area contributed by atoms with Gasteiger partial charge in [0.15, 0.2) is 0 Å². The van der Waals surface area contributed by atoms with Crippen LogP contribution in [0.2, 0.25) is 0 Å². The van der Waals surface area contributed by atoms with Crippen molar-refractivity contribution >= 4 is 5.91 Å². The SMILES string of the molecule is COc1cccc(CN(C)C(=O)CN2CCOC(C)(C)C2)c1. The zero-order valence-corrected chi connectivity index (χ0v) is 14.0. The van der Waals surface area contributed by atoms with E-state index >= 15 is 0 Å². The normalized spacial score (nSPS) is 18.0. The van der Waals surface area contributed by atoms with Gasteiger partial charge in [0.1, 0.15) is 5.75 Å². The highest BCUT2D eigenvalue weighted by Crippen LogP contribution is 2.17. The first-order valence-corrected chi connectivity index (χ1v) is 7.63. The van der Waals surface area contributed by atoms with Gasteiger partial charge < -0.3 is 14.4 Å². The van der Waals surface area contributed by atoms with Gasteiger partial charge in [-0.05, 0) is 31.5 Å². The molecule has 0 N–H and O–H groups in total. The molecule has 0 aromatic heterocycles. The number of ether oxygens (including phenoxy) is 2. The van der Waals surface area contributed by atoms with E-state index in [1.807, 2.05) is 31.3 Å².